The van der Waals surface area contributed by atoms with Gasteiger partial charge in [-0.2, -0.15) is 21.6 Å². The molecule has 0 fully saturated rings. The van der Waals surface area contributed by atoms with Gasteiger partial charge in [0.15, 0.2) is 0 Å². The Kier molecular flexibility index (Phi) is 4.39. The third-order valence-electron chi connectivity index (χ3n) is 2.31. The summed E-state index contributed by atoms with van der Waals surface area (Å²) < 4.78 is 61.2. The van der Waals surface area contributed by atoms with Gasteiger partial charge in [0.25, 0.3) is 0 Å². The van der Waals surface area contributed by atoms with Crippen LogP contribution in [0.25, 0.3) is 0 Å². The van der Waals surface area contributed by atoms with Crippen LogP contribution < -0.4 is 0 Å². The molecule has 0 aliphatic heterocycles. The van der Waals surface area contributed by atoms with Gasteiger partial charge in [0.1, 0.15) is 0 Å². The van der Waals surface area contributed by atoms with E-state index in [1.807, 2.05) is 13.8 Å². The molecular formula is C11H13F3O3S. The van der Waals surface area contributed by atoms with Crippen LogP contribution in [0, 0.1) is 0 Å². The molecule has 0 aliphatic rings. The maximum atomic E-state index is 12.0. The zero-order valence-corrected chi connectivity index (χ0v) is 10.7. The van der Waals surface area contributed by atoms with E-state index < -0.39 is 22.2 Å². The van der Waals surface area contributed by atoms with Crippen molar-refractivity contribution in [1.29, 1.82) is 0 Å². The first-order valence-corrected chi connectivity index (χ1v) is 6.59. The summed E-state index contributed by atoms with van der Waals surface area (Å²) >= 11 is 0. The summed E-state index contributed by atoms with van der Waals surface area (Å²) in [5.74, 6) is 0.291. The third-order valence-corrected chi connectivity index (χ3v) is 3.31. The van der Waals surface area contributed by atoms with Gasteiger partial charge in [-0.15, -0.1) is 0 Å². The molecule has 0 heterocycles. The molecule has 3 nitrogen and oxygen atoms in total. The largest absolute Gasteiger partial charge is 0.523 e. The predicted molar refractivity (Wildman–Crippen MR) is 60.3 cm³/mol. The van der Waals surface area contributed by atoms with E-state index in [-0.39, 0.29) is 0 Å². The zero-order chi connectivity index (χ0) is 14.0. The predicted octanol–water partition coefficient (Wildman–Crippen LogP) is 3.18. The van der Waals surface area contributed by atoms with E-state index in [0.717, 1.165) is 5.56 Å². The minimum absolute atomic E-state index is 0.291. The van der Waals surface area contributed by atoms with Gasteiger partial charge in [-0.1, -0.05) is 38.1 Å². The van der Waals surface area contributed by atoms with Crippen LogP contribution in [-0.4, -0.2) is 13.9 Å². The molecule has 7 heteroatoms. The molecule has 1 aromatic rings. The van der Waals surface area contributed by atoms with Gasteiger partial charge in [0.2, 0.25) is 0 Å². The van der Waals surface area contributed by atoms with Gasteiger partial charge >= 0.3 is 15.6 Å². The van der Waals surface area contributed by atoms with Crippen molar-refractivity contribution in [2.75, 3.05) is 0 Å². The molecule has 0 unspecified atom stereocenters. The second-order valence-corrected chi connectivity index (χ2v) is 5.67. The van der Waals surface area contributed by atoms with Crippen molar-refractivity contribution in [1.82, 2.24) is 0 Å². The normalized spacial score (nSPS) is 13.0. The van der Waals surface area contributed by atoms with E-state index in [1.54, 1.807) is 24.3 Å². The fourth-order valence-corrected chi connectivity index (χ4v) is 1.64. The van der Waals surface area contributed by atoms with Crippen molar-refractivity contribution in [2.45, 2.75) is 31.9 Å². The van der Waals surface area contributed by atoms with Gasteiger partial charge in [0.05, 0.1) is 6.61 Å². The second kappa shape index (κ2) is 5.27. The van der Waals surface area contributed by atoms with Crippen LogP contribution in [0.3, 0.4) is 0 Å². The van der Waals surface area contributed by atoms with E-state index >= 15 is 0 Å². The molecule has 0 bridgehead atoms. The van der Waals surface area contributed by atoms with Gasteiger partial charge in [0, 0.05) is 0 Å². The minimum Gasteiger partial charge on any atom is -0.258 e. The summed E-state index contributed by atoms with van der Waals surface area (Å²) in [5, 5.41) is 0. The average Bonchev–Trinajstić information content (AvgIpc) is 2.25. The SMILES string of the molecule is CC(C)c1ccc(COS(=O)(=O)C(F)(F)F)cc1. The summed E-state index contributed by atoms with van der Waals surface area (Å²) in [6, 6.07) is 6.54. The van der Waals surface area contributed by atoms with Crippen LogP contribution in [0.5, 0.6) is 0 Å². The van der Waals surface area contributed by atoms with Gasteiger partial charge in [-0.25, -0.2) is 0 Å². The Morgan fingerprint density at radius 1 is 1.17 bits per heavy atom. The number of benzene rings is 1. The minimum atomic E-state index is -5.52. The molecule has 0 amide bonds. The first-order chi connectivity index (χ1) is 8.13. The molecule has 0 N–H and O–H groups in total. The zero-order valence-electron chi connectivity index (χ0n) is 9.86. The Morgan fingerprint density at radius 2 is 1.67 bits per heavy atom. The molecule has 0 atom stereocenters. The molecule has 1 aromatic carbocycles. The second-order valence-electron chi connectivity index (χ2n) is 4.06. The lowest BCUT2D eigenvalue weighted by atomic mass is 10.0. The van der Waals surface area contributed by atoms with Crippen molar-refractivity contribution in [2.24, 2.45) is 0 Å². The average molecular weight is 282 g/mol. The highest BCUT2D eigenvalue weighted by molar-refractivity contribution is 7.87. The molecule has 0 aliphatic carbocycles. The fraction of sp³-hybridized carbons (Fsp3) is 0.455. The lowest BCUT2D eigenvalue weighted by molar-refractivity contribution is -0.0547. The van der Waals surface area contributed by atoms with Crippen LogP contribution in [-0.2, 0) is 20.9 Å². The summed E-state index contributed by atoms with van der Waals surface area (Å²) in [6.07, 6.45) is 0. The number of hydrogen-bond donors (Lipinski definition) is 0. The van der Waals surface area contributed by atoms with Crippen molar-refractivity contribution in [3.63, 3.8) is 0 Å². The Labute approximate surface area is 104 Å². The van der Waals surface area contributed by atoms with Crippen molar-refractivity contribution in [3.05, 3.63) is 35.4 Å². The Hall–Kier alpha value is -1.08. The van der Waals surface area contributed by atoms with E-state index in [0.29, 0.717) is 11.5 Å². The lowest BCUT2D eigenvalue weighted by Gasteiger charge is -2.09. The van der Waals surface area contributed by atoms with Crippen LogP contribution in [0.4, 0.5) is 13.2 Å². The molecule has 0 spiro atoms. The topological polar surface area (TPSA) is 43.4 Å². The molecule has 1 rings (SSSR count). The smallest absolute Gasteiger partial charge is 0.258 e. The van der Waals surface area contributed by atoms with Gasteiger partial charge in [-0.05, 0) is 17.0 Å². The molecule has 18 heavy (non-hydrogen) atoms. The highest BCUT2D eigenvalue weighted by atomic mass is 32.2. The summed E-state index contributed by atoms with van der Waals surface area (Å²) in [5.41, 5.74) is -4.00. The monoisotopic (exact) mass is 282 g/mol. The van der Waals surface area contributed by atoms with Crippen LogP contribution in [0.1, 0.15) is 30.9 Å². The highest BCUT2D eigenvalue weighted by Crippen LogP contribution is 2.25. The molecule has 0 saturated carbocycles. The van der Waals surface area contributed by atoms with E-state index in [9.17, 15) is 21.6 Å². The fourth-order valence-electron chi connectivity index (χ4n) is 1.21. The van der Waals surface area contributed by atoms with Crippen LogP contribution in [0.15, 0.2) is 24.3 Å². The summed E-state index contributed by atoms with van der Waals surface area (Å²) in [4.78, 5) is 0. The highest BCUT2D eigenvalue weighted by Gasteiger charge is 2.47. The van der Waals surface area contributed by atoms with Crippen molar-refractivity contribution < 1.29 is 25.8 Å². The number of rotatable bonds is 4. The van der Waals surface area contributed by atoms with Crippen molar-refractivity contribution >= 4 is 10.1 Å². The van der Waals surface area contributed by atoms with Crippen LogP contribution in [0.2, 0.25) is 0 Å². The molecule has 0 radical (unpaired) electrons. The number of alkyl halides is 3. The van der Waals surface area contributed by atoms with E-state index in [1.165, 1.54) is 0 Å². The first-order valence-electron chi connectivity index (χ1n) is 5.18. The first kappa shape index (κ1) is 15.0. The van der Waals surface area contributed by atoms with Crippen molar-refractivity contribution in [3.8, 4) is 0 Å². The number of halogens is 3. The van der Waals surface area contributed by atoms with Crippen LogP contribution >= 0.6 is 0 Å². The molecule has 0 saturated heterocycles. The number of hydrogen-bond acceptors (Lipinski definition) is 3. The van der Waals surface area contributed by atoms with Gasteiger partial charge in [-0.3, -0.25) is 4.18 Å². The van der Waals surface area contributed by atoms with Gasteiger partial charge < -0.3 is 0 Å². The summed E-state index contributed by atoms with van der Waals surface area (Å²) in [6.45, 7) is 3.32. The Balaban J connectivity index is 2.71. The Bertz CT molecular complexity index is 489. The maximum Gasteiger partial charge on any atom is 0.523 e. The van der Waals surface area contributed by atoms with E-state index in [2.05, 4.69) is 4.18 Å². The molecule has 102 valence electrons. The molecule has 0 aromatic heterocycles. The standard InChI is InChI=1S/C11H13F3O3S/c1-8(2)10-5-3-9(4-6-10)7-17-18(15,16)11(12,13)14/h3-6,8H,7H2,1-2H3. The Morgan fingerprint density at radius 3 is 2.06 bits per heavy atom. The van der Waals surface area contributed by atoms with E-state index in [4.69, 9.17) is 0 Å². The summed E-state index contributed by atoms with van der Waals surface area (Å²) in [7, 11) is -5.52. The molecular weight excluding hydrogens is 269 g/mol. The quantitative estimate of drug-likeness (QED) is 0.629. The maximum absolute atomic E-state index is 12.0. The lowest BCUT2D eigenvalue weighted by Crippen LogP contribution is -2.25. The third kappa shape index (κ3) is 3.71.